The van der Waals surface area contributed by atoms with Crippen molar-refractivity contribution >= 4 is 33.3 Å². The van der Waals surface area contributed by atoms with Crippen molar-refractivity contribution < 1.29 is 8.78 Å². The fourth-order valence-corrected chi connectivity index (χ4v) is 2.08. The second-order valence-corrected chi connectivity index (χ2v) is 5.07. The van der Waals surface area contributed by atoms with E-state index in [9.17, 15) is 8.78 Å². The number of halogens is 3. The zero-order valence-corrected chi connectivity index (χ0v) is 12.8. The molecule has 0 radical (unpaired) electrons. The molecule has 0 saturated heterocycles. The Morgan fingerprint density at radius 1 is 1.05 bits per heavy atom. The third-order valence-corrected chi connectivity index (χ3v) is 3.37. The molecular weight excluding hydrogens is 330 g/mol. The van der Waals surface area contributed by atoms with Crippen molar-refractivity contribution in [2.45, 2.75) is 13.8 Å². The van der Waals surface area contributed by atoms with E-state index in [1.807, 2.05) is 6.92 Å². The normalized spacial score (nSPS) is 10.5. The van der Waals surface area contributed by atoms with Gasteiger partial charge in [0.25, 0.3) is 0 Å². The third-order valence-electron chi connectivity index (χ3n) is 2.76. The number of anilines is 3. The van der Waals surface area contributed by atoms with Crippen LogP contribution in [0, 0.1) is 25.5 Å². The Kier molecular flexibility index (Phi) is 4.17. The summed E-state index contributed by atoms with van der Waals surface area (Å²) in [6.45, 7) is 3.55. The van der Waals surface area contributed by atoms with Crippen LogP contribution in [0.15, 0.2) is 16.6 Å². The molecule has 2 rings (SSSR count). The Bertz CT molecular complexity index is 661. The molecule has 0 spiro atoms. The second-order valence-electron chi connectivity index (χ2n) is 4.21. The van der Waals surface area contributed by atoms with Gasteiger partial charge in [-0.3, -0.25) is 0 Å². The maximum Gasteiger partial charge on any atom is 0.149 e. The first-order chi connectivity index (χ1) is 9.42. The van der Waals surface area contributed by atoms with Crippen LogP contribution in [0.3, 0.4) is 0 Å². The molecule has 0 aliphatic heterocycles. The van der Waals surface area contributed by atoms with E-state index in [2.05, 4.69) is 36.5 Å². The average Bonchev–Trinajstić information content (AvgIpc) is 2.39. The van der Waals surface area contributed by atoms with Crippen LogP contribution in [0.25, 0.3) is 0 Å². The summed E-state index contributed by atoms with van der Waals surface area (Å²) in [5.41, 5.74) is 0.888. The van der Waals surface area contributed by atoms with Crippen molar-refractivity contribution in [2.24, 2.45) is 0 Å². The number of aromatic nitrogens is 2. The first-order valence-electron chi connectivity index (χ1n) is 5.87. The number of nitrogens with one attached hydrogen (secondary N) is 2. The number of aryl methyl sites for hydroxylation is 1. The smallest absolute Gasteiger partial charge is 0.149 e. The van der Waals surface area contributed by atoms with E-state index in [0.29, 0.717) is 17.5 Å². The summed E-state index contributed by atoms with van der Waals surface area (Å²) in [5.74, 6) is 0.330. The van der Waals surface area contributed by atoms with E-state index >= 15 is 0 Å². The summed E-state index contributed by atoms with van der Waals surface area (Å²) >= 11 is 3.03. The summed E-state index contributed by atoms with van der Waals surface area (Å²) in [7, 11) is 1.74. The maximum absolute atomic E-state index is 13.7. The maximum atomic E-state index is 13.7. The molecule has 1 aromatic carbocycles. The fourth-order valence-electron chi connectivity index (χ4n) is 1.74. The van der Waals surface area contributed by atoms with Gasteiger partial charge in [0.1, 0.15) is 29.1 Å². The predicted octanol–water partition coefficient (Wildman–Crippen LogP) is 3.92. The first-order valence-corrected chi connectivity index (χ1v) is 6.66. The SMILES string of the molecule is CNc1nc(C)nc(Nc2cc(Br)c(F)cc2F)c1C. The summed E-state index contributed by atoms with van der Waals surface area (Å²) in [5, 5.41) is 5.80. The molecule has 1 aromatic heterocycles. The van der Waals surface area contributed by atoms with Gasteiger partial charge in [-0.15, -0.1) is 0 Å². The third kappa shape index (κ3) is 2.87. The lowest BCUT2D eigenvalue weighted by Crippen LogP contribution is -2.06. The van der Waals surface area contributed by atoms with E-state index in [1.165, 1.54) is 6.07 Å². The van der Waals surface area contributed by atoms with Crippen LogP contribution in [0.1, 0.15) is 11.4 Å². The minimum atomic E-state index is -0.688. The Morgan fingerprint density at radius 3 is 2.35 bits per heavy atom. The van der Waals surface area contributed by atoms with E-state index in [0.717, 1.165) is 11.6 Å². The minimum absolute atomic E-state index is 0.140. The number of benzene rings is 1. The van der Waals surface area contributed by atoms with Gasteiger partial charge >= 0.3 is 0 Å². The van der Waals surface area contributed by atoms with Gasteiger partial charge in [-0.2, -0.15) is 0 Å². The van der Waals surface area contributed by atoms with E-state index in [4.69, 9.17) is 0 Å². The first kappa shape index (κ1) is 14.6. The zero-order chi connectivity index (χ0) is 14.9. The summed E-state index contributed by atoms with van der Waals surface area (Å²) < 4.78 is 27.1. The van der Waals surface area contributed by atoms with Crippen LogP contribution < -0.4 is 10.6 Å². The molecule has 0 unspecified atom stereocenters. The number of hydrogen-bond acceptors (Lipinski definition) is 4. The standard InChI is InChI=1S/C13H13BrF2N4/c1-6-12(17-3)18-7(2)19-13(6)20-11-4-8(14)9(15)5-10(11)16/h4-5H,1-3H3,(H2,17,18,19,20). The Morgan fingerprint density at radius 2 is 1.70 bits per heavy atom. The van der Waals surface area contributed by atoms with Gasteiger partial charge in [-0.05, 0) is 35.8 Å². The monoisotopic (exact) mass is 342 g/mol. The molecule has 20 heavy (non-hydrogen) atoms. The highest BCUT2D eigenvalue weighted by molar-refractivity contribution is 9.10. The molecule has 4 nitrogen and oxygen atoms in total. The van der Waals surface area contributed by atoms with Crippen LogP contribution >= 0.6 is 15.9 Å². The van der Waals surface area contributed by atoms with Gasteiger partial charge in [0.05, 0.1) is 10.2 Å². The van der Waals surface area contributed by atoms with Gasteiger partial charge in [0, 0.05) is 18.7 Å². The van der Waals surface area contributed by atoms with Crippen molar-refractivity contribution in [1.82, 2.24) is 9.97 Å². The molecule has 1 heterocycles. The molecule has 106 valence electrons. The van der Waals surface area contributed by atoms with Crippen molar-refractivity contribution in [1.29, 1.82) is 0 Å². The molecular formula is C13H13BrF2N4. The van der Waals surface area contributed by atoms with Gasteiger partial charge in [-0.1, -0.05) is 0 Å². The topological polar surface area (TPSA) is 49.8 Å². The predicted molar refractivity (Wildman–Crippen MR) is 78.4 cm³/mol. The molecule has 0 amide bonds. The Hall–Kier alpha value is -1.76. The van der Waals surface area contributed by atoms with Crippen LogP contribution in [0.5, 0.6) is 0 Å². The average molecular weight is 343 g/mol. The summed E-state index contributed by atoms with van der Waals surface area (Å²) in [4.78, 5) is 8.45. The molecule has 0 aliphatic rings. The Labute approximate surface area is 123 Å². The van der Waals surface area contributed by atoms with Gasteiger partial charge in [0.2, 0.25) is 0 Å². The van der Waals surface area contributed by atoms with Crippen molar-refractivity contribution in [3.05, 3.63) is 39.6 Å². The highest BCUT2D eigenvalue weighted by atomic mass is 79.9. The molecule has 0 fully saturated rings. The molecule has 2 aromatic rings. The lowest BCUT2D eigenvalue weighted by atomic mass is 10.2. The lowest BCUT2D eigenvalue weighted by Gasteiger charge is -2.13. The quantitative estimate of drug-likeness (QED) is 0.830. The molecule has 0 bridgehead atoms. The molecule has 0 aliphatic carbocycles. The van der Waals surface area contributed by atoms with Crippen molar-refractivity contribution in [2.75, 3.05) is 17.7 Å². The van der Waals surface area contributed by atoms with E-state index < -0.39 is 11.6 Å². The number of hydrogen-bond donors (Lipinski definition) is 2. The molecule has 7 heteroatoms. The minimum Gasteiger partial charge on any atom is -0.373 e. The zero-order valence-electron chi connectivity index (χ0n) is 11.2. The highest BCUT2D eigenvalue weighted by Gasteiger charge is 2.12. The molecule has 2 N–H and O–H groups in total. The van der Waals surface area contributed by atoms with E-state index in [-0.39, 0.29) is 10.2 Å². The number of rotatable bonds is 3. The fraction of sp³-hybridized carbons (Fsp3) is 0.231. The summed E-state index contributed by atoms with van der Waals surface area (Å²) in [6.07, 6.45) is 0. The summed E-state index contributed by atoms with van der Waals surface area (Å²) in [6, 6.07) is 2.15. The Balaban J connectivity index is 2.45. The second kappa shape index (κ2) is 5.70. The highest BCUT2D eigenvalue weighted by Crippen LogP contribution is 2.28. The van der Waals surface area contributed by atoms with Crippen LogP contribution in [0.2, 0.25) is 0 Å². The van der Waals surface area contributed by atoms with Crippen LogP contribution in [-0.2, 0) is 0 Å². The van der Waals surface area contributed by atoms with Crippen LogP contribution in [-0.4, -0.2) is 17.0 Å². The molecule has 0 saturated carbocycles. The lowest BCUT2D eigenvalue weighted by molar-refractivity contribution is 0.581. The van der Waals surface area contributed by atoms with Gasteiger partial charge in [-0.25, -0.2) is 18.7 Å². The van der Waals surface area contributed by atoms with Gasteiger partial charge < -0.3 is 10.6 Å². The number of nitrogens with zero attached hydrogens (tertiary/aromatic N) is 2. The van der Waals surface area contributed by atoms with Crippen molar-refractivity contribution in [3.63, 3.8) is 0 Å². The van der Waals surface area contributed by atoms with Crippen LogP contribution in [0.4, 0.5) is 26.1 Å². The largest absolute Gasteiger partial charge is 0.373 e. The van der Waals surface area contributed by atoms with Crippen molar-refractivity contribution in [3.8, 4) is 0 Å². The van der Waals surface area contributed by atoms with E-state index in [1.54, 1.807) is 14.0 Å². The molecule has 0 atom stereocenters. The van der Waals surface area contributed by atoms with Gasteiger partial charge in [0.15, 0.2) is 0 Å².